The first-order chi connectivity index (χ1) is 15.1. The van der Waals surface area contributed by atoms with E-state index in [1.165, 1.54) is 41.4 Å². The van der Waals surface area contributed by atoms with Crippen LogP contribution < -0.4 is 10.1 Å². The molecule has 4 rings (SSSR count). The molecule has 0 unspecified atom stereocenters. The van der Waals surface area contributed by atoms with Gasteiger partial charge < -0.3 is 9.67 Å². The van der Waals surface area contributed by atoms with E-state index >= 15 is 0 Å². The van der Waals surface area contributed by atoms with Gasteiger partial charge in [0.2, 0.25) is 10.0 Å². The van der Waals surface area contributed by atoms with Crippen LogP contribution in [0, 0.1) is 0 Å². The number of carboxylic acids is 1. The molecule has 2 aromatic carbocycles. The monoisotopic (exact) mass is 450 g/mol. The summed E-state index contributed by atoms with van der Waals surface area (Å²) in [4.78, 5) is 24.0. The first kappa shape index (κ1) is 21.2. The van der Waals surface area contributed by atoms with E-state index in [-0.39, 0.29) is 16.4 Å². The molecule has 0 bridgehead atoms. The van der Waals surface area contributed by atoms with Crippen molar-refractivity contribution < 1.29 is 23.1 Å². The molecule has 0 radical (unpaired) electrons. The number of anilines is 1. The molecule has 3 aromatic rings. The number of carbonyl (C=O) groups excluding carboxylic acids is 1. The minimum atomic E-state index is -3.79. The number of aromatic nitrogens is 1. The van der Waals surface area contributed by atoms with Gasteiger partial charge in [0.15, 0.2) is 0 Å². The second-order valence-electron chi connectivity index (χ2n) is 7.05. The van der Waals surface area contributed by atoms with E-state index in [1.54, 1.807) is 42.0 Å². The average molecular weight is 450 g/mol. The second kappa shape index (κ2) is 7.91. The molecular weight excluding hydrogens is 432 g/mol. The number of carbonyl (C=O) groups is 2. The molecule has 10 heteroatoms. The molecule has 0 saturated heterocycles. The third kappa shape index (κ3) is 3.96. The Morgan fingerprint density at radius 1 is 1.03 bits per heavy atom. The number of hydrazone groups is 1. The Morgan fingerprint density at radius 2 is 1.66 bits per heavy atom. The van der Waals surface area contributed by atoms with Crippen molar-refractivity contribution in [1.82, 2.24) is 4.57 Å². The smallest absolute Gasteiger partial charge is 0.335 e. The van der Waals surface area contributed by atoms with Gasteiger partial charge in [-0.15, -0.1) is 0 Å². The molecule has 2 heterocycles. The van der Waals surface area contributed by atoms with Crippen LogP contribution in [0.15, 0.2) is 82.4 Å². The first-order valence-electron chi connectivity index (χ1n) is 9.41. The van der Waals surface area contributed by atoms with E-state index < -0.39 is 16.0 Å². The number of aromatic carboxylic acids is 1. The molecule has 0 atom stereocenters. The van der Waals surface area contributed by atoms with Gasteiger partial charge in [-0.25, -0.2) is 18.4 Å². The van der Waals surface area contributed by atoms with Crippen LogP contribution in [0.3, 0.4) is 0 Å². The van der Waals surface area contributed by atoms with E-state index in [1.807, 2.05) is 6.07 Å². The first-order valence-corrected chi connectivity index (χ1v) is 11.0. The fraction of sp³-hybridized carbons (Fsp3) is 0.0455. The number of carboxylic acid groups (broad SMARTS) is 1. The normalized spacial score (nSPS) is 15.3. The summed E-state index contributed by atoms with van der Waals surface area (Å²) in [6.07, 6.45) is 3.48. The molecule has 1 aromatic heterocycles. The number of sulfonamides is 1. The summed E-state index contributed by atoms with van der Waals surface area (Å²) < 4.78 is 24.7. The van der Waals surface area contributed by atoms with Crippen LogP contribution in [-0.2, 0) is 14.8 Å². The molecule has 9 nitrogen and oxygen atoms in total. The van der Waals surface area contributed by atoms with Crippen molar-refractivity contribution in [3.8, 4) is 5.69 Å². The number of nitrogens with two attached hydrogens (primary N) is 1. The van der Waals surface area contributed by atoms with Gasteiger partial charge in [-0.3, -0.25) is 4.79 Å². The van der Waals surface area contributed by atoms with E-state index in [4.69, 9.17) is 10.2 Å². The van der Waals surface area contributed by atoms with Crippen molar-refractivity contribution in [1.29, 1.82) is 0 Å². The van der Waals surface area contributed by atoms with E-state index in [0.717, 1.165) is 0 Å². The van der Waals surface area contributed by atoms with Crippen LogP contribution in [0.5, 0.6) is 0 Å². The number of hydrogen-bond acceptors (Lipinski definition) is 5. The Balaban J connectivity index is 1.64. The van der Waals surface area contributed by atoms with E-state index in [2.05, 4.69) is 5.10 Å². The maximum Gasteiger partial charge on any atom is 0.335 e. The number of rotatable bonds is 5. The minimum Gasteiger partial charge on any atom is -0.478 e. The fourth-order valence-corrected chi connectivity index (χ4v) is 3.81. The minimum absolute atomic E-state index is 0.00631. The number of primary sulfonamides is 1. The maximum absolute atomic E-state index is 13.0. The fourth-order valence-electron chi connectivity index (χ4n) is 3.30. The Labute approximate surface area is 183 Å². The van der Waals surface area contributed by atoms with Crippen molar-refractivity contribution in [2.45, 2.75) is 11.8 Å². The van der Waals surface area contributed by atoms with Crippen molar-refractivity contribution in [3.63, 3.8) is 0 Å². The Kier molecular flexibility index (Phi) is 5.25. The largest absolute Gasteiger partial charge is 0.478 e. The highest BCUT2D eigenvalue weighted by Gasteiger charge is 2.29. The van der Waals surface area contributed by atoms with Crippen LogP contribution in [0.4, 0.5) is 5.69 Å². The van der Waals surface area contributed by atoms with E-state index in [0.29, 0.717) is 28.4 Å². The lowest BCUT2D eigenvalue weighted by Gasteiger charge is -2.12. The predicted octanol–water partition coefficient (Wildman–Crippen LogP) is 2.63. The molecule has 1 aliphatic heterocycles. The van der Waals surface area contributed by atoms with E-state index in [9.17, 15) is 18.0 Å². The van der Waals surface area contributed by atoms with Crippen molar-refractivity contribution in [2.75, 3.05) is 5.01 Å². The Morgan fingerprint density at radius 3 is 2.25 bits per heavy atom. The van der Waals surface area contributed by atoms with Gasteiger partial charge in [0.1, 0.15) is 0 Å². The number of amides is 1. The zero-order valence-corrected chi connectivity index (χ0v) is 17.7. The van der Waals surface area contributed by atoms with Crippen molar-refractivity contribution >= 4 is 39.4 Å². The molecule has 0 fully saturated rings. The van der Waals surface area contributed by atoms with Gasteiger partial charge in [0.05, 0.1) is 27.4 Å². The summed E-state index contributed by atoms with van der Waals surface area (Å²) in [6.45, 7) is 1.71. The lowest BCUT2D eigenvalue weighted by Crippen LogP contribution is -2.21. The summed E-state index contributed by atoms with van der Waals surface area (Å²) in [6, 6.07) is 15.6. The second-order valence-corrected chi connectivity index (χ2v) is 8.62. The topological polar surface area (TPSA) is 135 Å². The number of benzene rings is 2. The molecular formula is C22H18N4O5S. The molecule has 0 saturated carbocycles. The standard InChI is InChI=1S/C22H18N4O5S/c1-14-20(21(27)26(24-14)17-6-4-15(5-7-17)22(28)29)13-18-3-2-12-25(18)16-8-10-19(11-9-16)32(23,30)31/h2-13H,1H3,(H,28,29)(H2,23,30,31). The lowest BCUT2D eigenvalue weighted by molar-refractivity contribution is -0.114. The van der Waals surface area contributed by atoms with Gasteiger partial charge >= 0.3 is 5.97 Å². The van der Waals surface area contributed by atoms with Crippen molar-refractivity contribution in [2.24, 2.45) is 10.2 Å². The summed E-state index contributed by atoms with van der Waals surface area (Å²) >= 11 is 0. The lowest BCUT2D eigenvalue weighted by atomic mass is 10.1. The number of nitrogens with zero attached hydrogens (tertiary/aromatic N) is 3. The van der Waals surface area contributed by atoms with Crippen LogP contribution in [0.2, 0.25) is 0 Å². The zero-order chi connectivity index (χ0) is 23.0. The number of hydrogen-bond donors (Lipinski definition) is 2. The summed E-state index contributed by atoms with van der Waals surface area (Å²) in [5, 5.41) is 19.7. The summed E-state index contributed by atoms with van der Waals surface area (Å²) in [5.74, 6) is -1.40. The molecule has 1 amide bonds. The van der Waals surface area contributed by atoms with Crippen LogP contribution >= 0.6 is 0 Å². The average Bonchev–Trinajstić information content (AvgIpc) is 3.33. The maximum atomic E-state index is 13.0. The van der Waals surface area contributed by atoms with Crippen molar-refractivity contribution in [3.05, 3.63) is 83.7 Å². The summed E-state index contributed by atoms with van der Waals surface area (Å²) in [7, 11) is -3.79. The predicted molar refractivity (Wildman–Crippen MR) is 119 cm³/mol. The van der Waals surface area contributed by atoms with Gasteiger partial charge in [0, 0.05) is 17.6 Å². The third-order valence-electron chi connectivity index (χ3n) is 4.94. The molecule has 32 heavy (non-hydrogen) atoms. The Bertz CT molecular complexity index is 1380. The third-order valence-corrected chi connectivity index (χ3v) is 5.87. The highest BCUT2D eigenvalue weighted by Crippen LogP contribution is 2.26. The van der Waals surface area contributed by atoms with Crippen LogP contribution in [-0.4, -0.2) is 35.7 Å². The van der Waals surface area contributed by atoms with Crippen LogP contribution in [0.1, 0.15) is 23.0 Å². The SMILES string of the molecule is CC1=NN(c2ccc(C(=O)O)cc2)C(=O)C1=Cc1cccn1-c1ccc(S(N)(=O)=O)cc1. The summed E-state index contributed by atoms with van der Waals surface area (Å²) in [5.41, 5.74) is 2.84. The molecule has 1 aliphatic rings. The highest BCUT2D eigenvalue weighted by atomic mass is 32.2. The molecule has 0 spiro atoms. The zero-order valence-electron chi connectivity index (χ0n) is 16.8. The van der Waals surface area contributed by atoms with Gasteiger partial charge in [-0.05, 0) is 73.7 Å². The highest BCUT2D eigenvalue weighted by molar-refractivity contribution is 7.89. The van der Waals surface area contributed by atoms with Gasteiger partial charge in [-0.2, -0.15) is 10.1 Å². The van der Waals surface area contributed by atoms with Crippen LogP contribution in [0.25, 0.3) is 11.8 Å². The quantitative estimate of drug-likeness (QED) is 0.576. The van der Waals surface area contributed by atoms with Gasteiger partial charge in [0.25, 0.3) is 5.91 Å². The molecule has 0 aliphatic carbocycles. The molecule has 3 N–H and O–H groups in total. The van der Waals surface area contributed by atoms with Gasteiger partial charge in [-0.1, -0.05) is 0 Å². The Hall–Kier alpha value is -4.02. The molecule has 162 valence electrons.